The van der Waals surface area contributed by atoms with E-state index in [4.69, 9.17) is 0 Å². The molecule has 4 heteroatoms. The van der Waals surface area contributed by atoms with E-state index in [0.717, 1.165) is 0 Å². The Labute approximate surface area is 93.0 Å². The molecular weight excluding hydrogens is 206 g/mol. The van der Waals surface area contributed by atoms with Gasteiger partial charge in [-0.05, 0) is 10.1 Å². The van der Waals surface area contributed by atoms with E-state index < -0.39 is 0 Å². The number of hydrogen-bond donors (Lipinski definition) is 1. The molecule has 1 amide bonds. The Morgan fingerprint density at radius 1 is 1.07 bits per heavy atom. The molecule has 0 heterocycles. The minimum atomic E-state index is 0.200. The third-order valence-electron chi connectivity index (χ3n) is 1.36. The topological polar surface area (TPSA) is 29.1 Å². The number of amides is 1. The average Bonchev–Trinajstić information content (AvgIpc) is 1.94. The maximum atomic E-state index is 11.4. The van der Waals surface area contributed by atoms with Gasteiger partial charge in [-0.2, -0.15) is 0 Å². The molecule has 14 heavy (non-hydrogen) atoms. The Morgan fingerprint density at radius 2 is 1.57 bits per heavy atom. The molecule has 0 unspecified atom stereocenters. The number of carbonyl (C=O) groups is 1. The van der Waals surface area contributed by atoms with Crippen molar-refractivity contribution >= 4 is 25.1 Å². The molecular formula is C10H21NOSi2. The van der Waals surface area contributed by atoms with Crippen LogP contribution in [-0.4, -0.2) is 25.1 Å². The molecule has 4 radical (unpaired) electrons. The van der Waals surface area contributed by atoms with Crippen molar-refractivity contribution < 1.29 is 4.79 Å². The summed E-state index contributed by atoms with van der Waals surface area (Å²) in [5.74, 6) is 0.200. The fourth-order valence-electron chi connectivity index (χ4n) is 0.647. The Bertz CT molecular complexity index is 171. The molecule has 0 atom stereocenters. The normalized spacial score (nSPS) is 12.7. The third-order valence-corrected chi connectivity index (χ3v) is 4.07. The van der Waals surface area contributed by atoms with Crippen LogP contribution in [0, 0.1) is 0 Å². The van der Waals surface area contributed by atoms with Gasteiger partial charge in [-0.15, -0.1) is 0 Å². The molecule has 0 saturated carbocycles. The van der Waals surface area contributed by atoms with E-state index in [9.17, 15) is 4.79 Å². The first-order chi connectivity index (χ1) is 6.10. The SMILES string of the molecule is CC(C)(C)[Si]CC(=O)N[Si]C(C)(C)C. The molecule has 0 spiro atoms. The molecule has 0 aromatic heterocycles. The zero-order valence-corrected chi connectivity index (χ0v) is 12.1. The maximum absolute atomic E-state index is 11.4. The van der Waals surface area contributed by atoms with Crippen molar-refractivity contribution in [3.05, 3.63) is 0 Å². The summed E-state index contributed by atoms with van der Waals surface area (Å²) in [7, 11) is 1.23. The summed E-state index contributed by atoms with van der Waals surface area (Å²) in [5, 5.41) is 0.489. The average molecular weight is 227 g/mol. The fraction of sp³-hybridized carbons (Fsp3) is 0.900. The van der Waals surface area contributed by atoms with E-state index in [1.54, 1.807) is 0 Å². The van der Waals surface area contributed by atoms with Crippen molar-refractivity contribution in [3.63, 3.8) is 0 Å². The molecule has 0 rings (SSSR count). The second-order valence-electron chi connectivity index (χ2n) is 5.53. The summed E-state index contributed by atoms with van der Waals surface area (Å²) < 4.78 is 0. The van der Waals surface area contributed by atoms with E-state index in [2.05, 4.69) is 46.5 Å². The van der Waals surface area contributed by atoms with Gasteiger partial charge in [-0.3, -0.25) is 4.79 Å². The van der Waals surface area contributed by atoms with Gasteiger partial charge in [-0.25, -0.2) is 0 Å². The van der Waals surface area contributed by atoms with Crippen LogP contribution in [0.4, 0.5) is 0 Å². The van der Waals surface area contributed by atoms with Crippen LogP contribution in [0.1, 0.15) is 41.5 Å². The Hall–Kier alpha value is -0.0962. The summed E-state index contributed by atoms with van der Waals surface area (Å²) in [4.78, 5) is 14.4. The second-order valence-corrected chi connectivity index (χ2v) is 9.73. The van der Waals surface area contributed by atoms with Gasteiger partial charge in [0.05, 0.1) is 9.52 Å². The van der Waals surface area contributed by atoms with Gasteiger partial charge in [0.25, 0.3) is 0 Å². The van der Waals surface area contributed by atoms with Gasteiger partial charge in [0.1, 0.15) is 0 Å². The van der Waals surface area contributed by atoms with Crippen molar-refractivity contribution in [2.24, 2.45) is 0 Å². The van der Waals surface area contributed by atoms with E-state index in [1.165, 1.54) is 0 Å². The zero-order valence-electron chi connectivity index (χ0n) is 10.1. The van der Waals surface area contributed by atoms with Gasteiger partial charge >= 0.3 is 0 Å². The number of nitrogens with one attached hydrogen (secondary N) is 1. The van der Waals surface area contributed by atoms with Gasteiger partial charge in [0, 0.05) is 6.04 Å². The monoisotopic (exact) mass is 227 g/mol. The van der Waals surface area contributed by atoms with Crippen molar-refractivity contribution in [3.8, 4) is 0 Å². The molecule has 0 fully saturated rings. The predicted molar refractivity (Wildman–Crippen MR) is 63.9 cm³/mol. The van der Waals surface area contributed by atoms with Gasteiger partial charge < -0.3 is 4.98 Å². The van der Waals surface area contributed by atoms with Gasteiger partial charge in [0.15, 0.2) is 9.68 Å². The first kappa shape index (κ1) is 13.9. The van der Waals surface area contributed by atoms with Crippen LogP contribution in [0.25, 0.3) is 0 Å². The van der Waals surface area contributed by atoms with Crippen LogP contribution < -0.4 is 4.98 Å². The summed E-state index contributed by atoms with van der Waals surface area (Å²) in [6.07, 6.45) is 0. The minimum Gasteiger partial charge on any atom is -0.382 e. The zero-order chi connectivity index (χ0) is 11.4. The molecule has 2 nitrogen and oxygen atoms in total. The summed E-state index contributed by atoms with van der Waals surface area (Å²) in [5.41, 5.74) is 0. The molecule has 0 aromatic carbocycles. The first-order valence-corrected chi connectivity index (χ1v) is 7.12. The molecule has 0 aromatic rings. The second kappa shape index (κ2) is 5.12. The maximum Gasteiger partial charge on any atom is 0.208 e. The first-order valence-electron chi connectivity index (χ1n) is 4.91. The Balaban J connectivity index is 3.68. The van der Waals surface area contributed by atoms with Crippen LogP contribution in [0.2, 0.25) is 16.1 Å². The molecule has 0 saturated heterocycles. The molecule has 0 aliphatic carbocycles. The quantitative estimate of drug-likeness (QED) is 0.737. The van der Waals surface area contributed by atoms with Crippen LogP contribution in [0.5, 0.6) is 0 Å². The van der Waals surface area contributed by atoms with Crippen molar-refractivity contribution in [2.75, 3.05) is 0 Å². The molecule has 0 aliphatic heterocycles. The Kier molecular flexibility index (Phi) is 5.08. The number of carbonyl (C=O) groups excluding carboxylic acids is 1. The lowest BCUT2D eigenvalue weighted by Gasteiger charge is -2.19. The predicted octanol–water partition coefficient (Wildman–Crippen LogP) is 2.28. The van der Waals surface area contributed by atoms with E-state index in [0.29, 0.717) is 25.2 Å². The highest BCUT2D eigenvalue weighted by Crippen LogP contribution is 2.21. The standard InChI is InChI=1S/C10H21NOSi2/c1-9(2,3)13-7-8(12)11-14-10(4,5)6/h7H2,1-6H3,(H,11,12). The lowest BCUT2D eigenvalue weighted by Crippen LogP contribution is -2.34. The molecule has 0 aliphatic rings. The molecule has 1 N–H and O–H groups in total. The number of rotatable bonds is 3. The minimum absolute atomic E-state index is 0.200. The van der Waals surface area contributed by atoms with Crippen LogP contribution >= 0.6 is 0 Å². The van der Waals surface area contributed by atoms with Crippen molar-refractivity contribution in [1.29, 1.82) is 0 Å². The summed E-state index contributed by atoms with van der Waals surface area (Å²) in [6, 6.07) is 0.673. The molecule has 80 valence electrons. The smallest absolute Gasteiger partial charge is 0.208 e. The number of hydrogen-bond acceptors (Lipinski definition) is 1. The van der Waals surface area contributed by atoms with Gasteiger partial charge in [-0.1, -0.05) is 41.5 Å². The van der Waals surface area contributed by atoms with Crippen LogP contribution in [-0.2, 0) is 4.79 Å². The highest BCUT2D eigenvalue weighted by atomic mass is 28.2. The summed E-state index contributed by atoms with van der Waals surface area (Å²) >= 11 is 0. The van der Waals surface area contributed by atoms with E-state index >= 15 is 0 Å². The third kappa shape index (κ3) is 9.99. The van der Waals surface area contributed by atoms with E-state index in [1.807, 2.05) is 0 Å². The summed E-state index contributed by atoms with van der Waals surface area (Å²) in [6.45, 7) is 12.9. The Morgan fingerprint density at radius 3 is 1.93 bits per heavy atom. The van der Waals surface area contributed by atoms with Crippen LogP contribution in [0.3, 0.4) is 0 Å². The van der Waals surface area contributed by atoms with E-state index in [-0.39, 0.29) is 16.0 Å². The largest absolute Gasteiger partial charge is 0.382 e. The van der Waals surface area contributed by atoms with Crippen LogP contribution in [0.15, 0.2) is 0 Å². The highest BCUT2D eigenvalue weighted by molar-refractivity contribution is 6.48. The highest BCUT2D eigenvalue weighted by Gasteiger charge is 2.17. The van der Waals surface area contributed by atoms with Crippen molar-refractivity contribution in [1.82, 2.24) is 4.98 Å². The van der Waals surface area contributed by atoms with Crippen molar-refractivity contribution in [2.45, 2.75) is 57.7 Å². The lowest BCUT2D eigenvalue weighted by molar-refractivity contribution is -0.117. The lowest BCUT2D eigenvalue weighted by atomic mass is 10.3. The van der Waals surface area contributed by atoms with Gasteiger partial charge in [0.2, 0.25) is 5.91 Å². The fourth-order valence-corrected chi connectivity index (χ4v) is 2.21. The molecule has 0 bridgehead atoms.